The van der Waals surface area contributed by atoms with Crippen LogP contribution in [0.15, 0.2) is 24.3 Å². The summed E-state index contributed by atoms with van der Waals surface area (Å²) in [6.45, 7) is 5.03. The van der Waals surface area contributed by atoms with E-state index in [9.17, 15) is 0 Å². The van der Waals surface area contributed by atoms with Gasteiger partial charge in [-0.15, -0.1) is 0 Å². The summed E-state index contributed by atoms with van der Waals surface area (Å²) in [7, 11) is 0. The Kier molecular flexibility index (Phi) is 7.16. The number of nitrogens with two attached hydrogens (primary N) is 1. The highest BCUT2D eigenvalue weighted by molar-refractivity contribution is 4.89. The van der Waals surface area contributed by atoms with Gasteiger partial charge in [-0.3, -0.25) is 0 Å². The lowest BCUT2D eigenvalue weighted by molar-refractivity contribution is 0.823. The van der Waals surface area contributed by atoms with Gasteiger partial charge >= 0.3 is 0 Å². The molecule has 0 saturated heterocycles. The average molecular weight is 153 g/mol. The lowest BCUT2D eigenvalue weighted by atomic mass is 10.2. The summed E-state index contributed by atoms with van der Waals surface area (Å²) < 4.78 is 0. The number of rotatable bonds is 5. The largest absolute Gasteiger partial charge is 0.327 e. The molecule has 0 radical (unpaired) electrons. The first kappa shape index (κ1) is 10.4. The van der Waals surface area contributed by atoms with Crippen LogP contribution in [0.25, 0.3) is 0 Å². The maximum absolute atomic E-state index is 5.29. The summed E-state index contributed by atoms with van der Waals surface area (Å²) in [5, 5.41) is 0. The van der Waals surface area contributed by atoms with Crippen LogP contribution >= 0.6 is 0 Å². The molecule has 11 heavy (non-hydrogen) atoms. The van der Waals surface area contributed by atoms with Gasteiger partial charge in [-0.1, -0.05) is 38.2 Å². The zero-order valence-corrected chi connectivity index (χ0v) is 7.59. The maximum atomic E-state index is 5.29. The second kappa shape index (κ2) is 7.55. The maximum Gasteiger partial charge on any atom is 0.0106 e. The minimum Gasteiger partial charge on any atom is -0.327 e. The van der Waals surface area contributed by atoms with E-state index in [4.69, 9.17) is 5.73 Å². The smallest absolute Gasteiger partial charge is 0.0106 e. The molecule has 0 atom stereocenters. The molecule has 0 aromatic heterocycles. The zero-order chi connectivity index (χ0) is 8.53. The number of unbranched alkanes of at least 4 members (excludes halogenated alkanes) is 1. The number of hydrogen-bond donors (Lipinski definition) is 1. The molecule has 64 valence electrons. The molecule has 2 N–H and O–H groups in total. The third-order valence-electron chi connectivity index (χ3n) is 1.32. The lowest BCUT2D eigenvalue weighted by Gasteiger charge is -1.91. The predicted octanol–water partition coefficient (Wildman–Crippen LogP) is 2.49. The molecule has 0 heterocycles. The Labute approximate surface area is 70.0 Å². The fraction of sp³-hybridized carbons (Fsp3) is 0.600. The van der Waals surface area contributed by atoms with Crippen molar-refractivity contribution in [3.63, 3.8) is 0 Å². The highest BCUT2D eigenvalue weighted by Gasteiger charge is 1.81. The van der Waals surface area contributed by atoms with Crippen LogP contribution in [0, 0.1) is 5.92 Å². The number of allylic oxidation sites excluding steroid dienone is 3. The molecule has 0 aromatic rings. The van der Waals surface area contributed by atoms with Crippen LogP contribution in [-0.4, -0.2) is 6.54 Å². The van der Waals surface area contributed by atoms with Crippen molar-refractivity contribution in [3.8, 4) is 0 Å². The first-order valence-corrected chi connectivity index (χ1v) is 4.29. The van der Waals surface area contributed by atoms with Crippen molar-refractivity contribution >= 4 is 0 Å². The van der Waals surface area contributed by atoms with Crippen LogP contribution in [-0.2, 0) is 0 Å². The highest BCUT2D eigenvalue weighted by Crippen LogP contribution is 1.98. The molecule has 0 aliphatic heterocycles. The SMILES string of the molecule is CC(C)/C=C\CC/C=C\CN. The Morgan fingerprint density at radius 1 is 1.09 bits per heavy atom. The standard InChI is InChI=1S/C10H19N/c1-10(2)8-6-4-3-5-7-9-11/h5-8,10H,3-4,9,11H2,1-2H3/b7-5-,8-6-. The molecule has 0 saturated carbocycles. The second-order valence-electron chi connectivity index (χ2n) is 2.96. The predicted molar refractivity (Wildman–Crippen MR) is 51.4 cm³/mol. The monoisotopic (exact) mass is 153 g/mol. The second-order valence-corrected chi connectivity index (χ2v) is 2.96. The van der Waals surface area contributed by atoms with E-state index in [2.05, 4.69) is 32.1 Å². The first-order valence-electron chi connectivity index (χ1n) is 4.29. The van der Waals surface area contributed by atoms with Crippen molar-refractivity contribution in [2.24, 2.45) is 11.7 Å². The molecular weight excluding hydrogens is 134 g/mol. The minimum absolute atomic E-state index is 0.661. The van der Waals surface area contributed by atoms with Crippen molar-refractivity contribution in [2.45, 2.75) is 26.7 Å². The van der Waals surface area contributed by atoms with Gasteiger partial charge in [-0.2, -0.15) is 0 Å². The Balaban J connectivity index is 3.20. The number of hydrogen-bond acceptors (Lipinski definition) is 1. The normalized spacial score (nSPS) is 12.4. The van der Waals surface area contributed by atoms with Gasteiger partial charge in [-0.25, -0.2) is 0 Å². The van der Waals surface area contributed by atoms with Gasteiger partial charge in [-0.05, 0) is 18.8 Å². The van der Waals surface area contributed by atoms with Crippen molar-refractivity contribution in [3.05, 3.63) is 24.3 Å². The molecule has 0 rings (SSSR count). The molecule has 0 spiro atoms. The van der Waals surface area contributed by atoms with Crippen LogP contribution in [0.4, 0.5) is 0 Å². The molecular formula is C10H19N. The van der Waals surface area contributed by atoms with Crippen LogP contribution < -0.4 is 5.73 Å². The summed E-state index contributed by atoms with van der Waals surface area (Å²) in [5.74, 6) is 0.675. The van der Waals surface area contributed by atoms with Crippen molar-refractivity contribution in [1.29, 1.82) is 0 Å². The summed E-state index contributed by atoms with van der Waals surface area (Å²) in [4.78, 5) is 0. The minimum atomic E-state index is 0.661. The Bertz CT molecular complexity index is 123. The Morgan fingerprint density at radius 3 is 2.27 bits per heavy atom. The van der Waals surface area contributed by atoms with E-state index in [1.165, 1.54) is 0 Å². The summed E-state index contributed by atoms with van der Waals surface area (Å²) in [6.07, 6.45) is 10.8. The Hall–Kier alpha value is -0.560. The molecule has 1 heteroatoms. The van der Waals surface area contributed by atoms with E-state index in [-0.39, 0.29) is 0 Å². The van der Waals surface area contributed by atoms with Gasteiger partial charge in [0.15, 0.2) is 0 Å². The third kappa shape index (κ3) is 9.44. The molecule has 0 fully saturated rings. The topological polar surface area (TPSA) is 26.0 Å². The molecule has 0 aliphatic carbocycles. The van der Waals surface area contributed by atoms with Gasteiger partial charge in [0.2, 0.25) is 0 Å². The fourth-order valence-corrected chi connectivity index (χ4v) is 0.775. The molecule has 1 nitrogen and oxygen atoms in total. The van der Waals surface area contributed by atoms with E-state index in [0.29, 0.717) is 12.5 Å². The molecule has 0 bridgehead atoms. The van der Waals surface area contributed by atoms with E-state index < -0.39 is 0 Å². The third-order valence-corrected chi connectivity index (χ3v) is 1.32. The Morgan fingerprint density at radius 2 is 1.73 bits per heavy atom. The molecule has 0 unspecified atom stereocenters. The van der Waals surface area contributed by atoms with Crippen molar-refractivity contribution < 1.29 is 0 Å². The van der Waals surface area contributed by atoms with Gasteiger partial charge in [0.05, 0.1) is 0 Å². The summed E-state index contributed by atoms with van der Waals surface area (Å²) >= 11 is 0. The van der Waals surface area contributed by atoms with Gasteiger partial charge in [0.25, 0.3) is 0 Å². The van der Waals surface area contributed by atoms with Crippen molar-refractivity contribution in [2.75, 3.05) is 6.54 Å². The summed E-state index contributed by atoms with van der Waals surface area (Å²) in [6, 6.07) is 0. The van der Waals surface area contributed by atoms with E-state index in [1.54, 1.807) is 0 Å². The van der Waals surface area contributed by atoms with E-state index in [0.717, 1.165) is 12.8 Å². The van der Waals surface area contributed by atoms with Crippen molar-refractivity contribution in [1.82, 2.24) is 0 Å². The lowest BCUT2D eigenvalue weighted by Crippen LogP contribution is -1.91. The van der Waals surface area contributed by atoms with Crippen LogP contribution in [0.1, 0.15) is 26.7 Å². The fourth-order valence-electron chi connectivity index (χ4n) is 0.775. The van der Waals surface area contributed by atoms with Gasteiger partial charge in [0, 0.05) is 6.54 Å². The molecule has 0 amide bonds. The zero-order valence-electron chi connectivity index (χ0n) is 7.59. The van der Waals surface area contributed by atoms with Crippen LogP contribution in [0.2, 0.25) is 0 Å². The molecule has 0 aliphatic rings. The van der Waals surface area contributed by atoms with Crippen LogP contribution in [0.5, 0.6) is 0 Å². The first-order chi connectivity index (χ1) is 5.27. The van der Waals surface area contributed by atoms with Gasteiger partial charge < -0.3 is 5.73 Å². The van der Waals surface area contributed by atoms with Gasteiger partial charge in [0.1, 0.15) is 0 Å². The van der Waals surface area contributed by atoms with Crippen LogP contribution in [0.3, 0.4) is 0 Å². The highest BCUT2D eigenvalue weighted by atomic mass is 14.5. The molecule has 0 aromatic carbocycles. The van der Waals surface area contributed by atoms with E-state index in [1.807, 2.05) is 6.08 Å². The average Bonchev–Trinajstić information content (AvgIpc) is 1.96. The summed E-state index contributed by atoms with van der Waals surface area (Å²) in [5.41, 5.74) is 5.29. The quantitative estimate of drug-likeness (QED) is 0.476. The van der Waals surface area contributed by atoms with E-state index >= 15 is 0 Å².